The number of fused-ring (bicyclic) bond motifs is 2. The summed E-state index contributed by atoms with van der Waals surface area (Å²) in [6, 6.07) is 43.7. The first-order valence-electron chi connectivity index (χ1n) is 22.4. The molecule has 0 saturated carbocycles. The van der Waals surface area contributed by atoms with Crippen LogP contribution in [-0.2, 0) is 0 Å². The lowest BCUT2D eigenvalue weighted by atomic mass is 9.50. The van der Waals surface area contributed by atoms with Crippen molar-refractivity contribution in [3.05, 3.63) is 220 Å². The van der Waals surface area contributed by atoms with Crippen molar-refractivity contribution in [3.63, 3.8) is 0 Å². The zero-order chi connectivity index (χ0) is 40.8. The second-order valence-corrected chi connectivity index (χ2v) is 18.0. The lowest BCUT2D eigenvalue weighted by molar-refractivity contribution is -0.000883. The first-order chi connectivity index (χ1) is 28.9. The van der Waals surface area contributed by atoms with Gasteiger partial charge in [-0.2, -0.15) is 0 Å². The standard InChI is InChI=1S/C58H63N/c1-5-57(37-34-43(3)53(41-59)56(48-28-17-9-18-29-48)49-30-19-10-20-31-49)36-33-42(2)44(4)54(45-22-11-6-12-23-45)50-32-21-35-58(57,39-50)40-51-38-52(51)55(46-24-13-7-14-25-46)47-26-15-8-16-27-47/h6-11,13-20,24-32,38,41,45,53,56,59H,2-3,5,12,21-23,33-37,39-40H2,1,4H3/b54-44-,59-41?. The molecule has 4 aromatic carbocycles. The lowest BCUT2D eigenvalue weighted by Crippen LogP contribution is -2.44. The SMILES string of the molecule is C=C1CCC(CC)(CCC(=C)C(C=N)C(c2ccccc2)c2ccccc2)C2(CC3=CC3=C(c3ccccc3)c3ccccc3)CCC=C(C2)/C(C2CC=CCC2)=C\1C. The van der Waals surface area contributed by atoms with E-state index < -0.39 is 0 Å². The Hall–Kier alpha value is -5.27. The summed E-state index contributed by atoms with van der Waals surface area (Å²) < 4.78 is 0. The van der Waals surface area contributed by atoms with Crippen LogP contribution in [0.5, 0.6) is 0 Å². The first kappa shape index (κ1) is 40.5. The van der Waals surface area contributed by atoms with Crippen molar-refractivity contribution < 1.29 is 0 Å². The minimum atomic E-state index is -0.0902. The number of nitrogens with one attached hydrogen (secondary N) is 1. The van der Waals surface area contributed by atoms with Crippen molar-refractivity contribution in [2.45, 2.75) is 96.8 Å². The Morgan fingerprint density at radius 2 is 1.42 bits per heavy atom. The summed E-state index contributed by atoms with van der Waals surface area (Å²) in [5.41, 5.74) is 16.8. The van der Waals surface area contributed by atoms with Gasteiger partial charge in [-0.3, -0.25) is 0 Å². The Morgan fingerprint density at radius 3 is 1.98 bits per heavy atom. The highest BCUT2D eigenvalue weighted by Crippen LogP contribution is 2.64. The molecule has 4 aliphatic carbocycles. The van der Waals surface area contributed by atoms with Gasteiger partial charge in [-0.15, -0.1) is 0 Å². The van der Waals surface area contributed by atoms with Gasteiger partial charge in [0.15, 0.2) is 0 Å². The van der Waals surface area contributed by atoms with Gasteiger partial charge >= 0.3 is 0 Å². The number of hydrogen-bond donors (Lipinski definition) is 1. The van der Waals surface area contributed by atoms with Gasteiger partial charge in [0.1, 0.15) is 0 Å². The van der Waals surface area contributed by atoms with Crippen molar-refractivity contribution in [3.8, 4) is 0 Å². The summed E-state index contributed by atoms with van der Waals surface area (Å²) in [7, 11) is 0. The van der Waals surface area contributed by atoms with Gasteiger partial charge in [-0.05, 0) is 156 Å². The smallest absolute Gasteiger partial charge is 0.0252 e. The van der Waals surface area contributed by atoms with Gasteiger partial charge in [0.05, 0.1) is 0 Å². The fourth-order valence-corrected chi connectivity index (χ4v) is 11.6. The van der Waals surface area contributed by atoms with Crippen molar-refractivity contribution >= 4 is 11.8 Å². The lowest BCUT2D eigenvalue weighted by Gasteiger charge is -2.54. The van der Waals surface area contributed by atoms with Gasteiger partial charge in [0.2, 0.25) is 0 Å². The normalized spacial score (nSPS) is 24.6. The van der Waals surface area contributed by atoms with E-state index in [1.54, 1.807) is 17.4 Å². The maximum Gasteiger partial charge on any atom is 0.0252 e. The molecule has 0 amide bonds. The molecule has 1 heteroatoms. The molecule has 4 aliphatic rings. The molecule has 4 atom stereocenters. The molecule has 0 aliphatic heterocycles. The molecule has 1 nitrogen and oxygen atoms in total. The van der Waals surface area contributed by atoms with Crippen molar-refractivity contribution in [2.75, 3.05) is 0 Å². The fraction of sp³-hybridized carbons (Fsp3) is 0.328. The molecule has 0 radical (unpaired) electrons. The summed E-state index contributed by atoms with van der Waals surface area (Å²) in [6.45, 7) is 14.6. The molecule has 0 aromatic heterocycles. The van der Waals surface area contributed by atoms with E-state index in [0.717, 1.165) is 64.2 Å². The summed E-state index contributed by atoms with van der Waals surface area (Å²) in [5, 5.41) is 8.92. The van der Waals surface area contributed by atoms with Crippen molar-refractivity contribution in [1.82, 2.24) is 0 Å². The Kier molecular flexibility index (Phi) is 12.3. The Balaban J connectivity index is 1.19. The second kappa shape index (κ2) is 17.9. The van der Waals surface area contributed by atoms with E-state index in [1.807, 2.05) is 0 Å². The number of benzene rings is 4. The minimum Gasteiger partial charge on any atom is -0.312 e. The molecule has 1 N–H and O–H groups in total. The van der Waals surface area contributed by atoms with E-state index in [2.05, 4.69) is 159 Å². The highest BCUT2D eigenvalue weighted by Gasteiger charge is 2.52. The monoisotopic (exact) mass is 773 g/mol. The molecule has 4 unspecified atom stereocenters. The van der Waals surface area contributed by atoms with E-state index in [-0.39, 0.29) is 22.7 Å². The van der Waals surface area contributed by atoms with E-state index in [9.17, 15) is 0 Å². The van der Waals surface area contributed by atoms with E-state index in [0.29, 0.717) is 5.92 Å². The highest BCUT2D eigenvalue weighted by molar-refractivity contribution is 5.91. The Morgan fingerprint density at radius 1 is 0.814 bits per heavy atom. The molecule has 0 spiro atoms. The molecule has 8 rings (SSSR count). The van der Waals surface area contributed by atoms with Crippen LogP contribution >= 0.6 is 0 Å². The molecule has 0 heterocycles. The highest BCUT2D eigenvalue weighted by atomic mass is 14.6. The zero-order valence-corrected chi connectivity index (χ0v) is 35.6. The van der Waals surface area contributed by atoms with Crippen LogP contribution in [-0.4, -0.2) is 6.21 Å². The predicted octanol–water partition coefficient (Wildman–Crippen LogP) is 15.8. The first-order valence-corrected chi connectivity index (χ1v) is 22.4. The van der Waals surface area contributed by atoms with E-state index in [4.69, 9.17) is 18.6 Å². The summed E-state index contributed by atoms with van der Waals surface area (Å²) in [6.07, 6.45) is 25.0. The van der Waals surface area contributed by atoms with Gasteiger partial charge < -0.3 is 5.41 Å². The summed E-state index contributed by atoms with van der Waals surface area (Å²) >= 11 is 0. The molecule has 2 bridgehead atoms. The average molecular weight is 774 g/mol. The summed E-state index contributed by atoms with van der Waals surface area (Å²) in [5.74, 6) is 0.524. The quantitative estimate of drug-likeness (QED) is 0.0975. The van der Waals surface area contributed by atoms with Gasteiger partial charge in [-0.1, -0.05) is 177 Å². The van der Waals surface area contributed by atoms with Gasteiger partial charge in [0, 0.05) is 18.1 Å². The van der Waals surface area contributed by atoms with Gasteiger partial charge in [-0.25, -0.2) is 0 Å². The van der Waals surface area contributed by atoms with Gasteiger partial charge in [0.25, 0.3) is 0 Å². The molecule has 59 heavy (non-hydrogen) atoms. The molecule has 0 saturated heterocycles. The van der Waals surface area contributed by atoms with Crippen LogP contribution in [0.2, 0.25) is 0 Å². The van der Waals surface area contributed by atoms with Crippen molar-refractivity contribution in [2.24, 2.45) is 22.7 Å². The topological polar surface area (TPSA) is 23.9 Å². The molecule has 4 aromatic rings. The largest absolute Gasteiger partial charge is 0.312 e. The third-order valence-corrected chi connectivity index (χ3v) is 15.0. The van der Waals surface area contributed by atoms with Crippen LogP contribution in [0.3, 0.4) is 0 Å². The number of hydrogen-bond acceptors (Lipinski definition) is 1. The average Bonchev–Trinajstić information content (AvgIpc) is 4.04. The van der Waals surface area contributed by atoms with Crippen LogP contribution in [0.25, 0.3) is 5.57 Å². The minimum absolute atomic E-state index is 0.0520. The Bertz CT molecular complexity index is 2220. The van der Waals surface area contributed by atoms with Crippen LogP contribution in [0, 0.1) is 28.1 Å². The molecular weight excluding hydrogens is 711 g/mol. The third-order valence-electron chi connectivity index (χ3n) is 15.0. The van der Waals surface area contributed by atoms with Crippen LogP contribution in [0.1, 0.15) is 119 Å². The van der Waals surface area contributed by atoms with Crippen molar-refractivity contribution in [1.29, 1.82) is 5.41 Å². The van der Waals surface area contributed by atoms with Crippen LogP contribution in [0.15, 0.2) is 198 Å². The van der Waals surface area contributed by atoms with Crippen LogP contribution in [0.4, 0.5) is 0 Å². The molecular formula is C58H63N. The number of allylic oxidation sites excluding steroid dienone is 11. The predicted molar refractivity (Wildman–Crippen MR) is 252 cm³/mol. The zero-order valence-electron chi connectivity index (χ0n) is 35.6. The summed E-state index contributed by atoms with van der Waals surface area (Å²) in [4.78, 5) is 0. The fourth-order valence-electron chi connectivity index (χ4n) is 11.6. The van der Waals surface area contributed by atoms with E-state index in [1.165, 1.54) is 68.5 Å². The number of rotatable bonds is 14. The Labute approximate surface area is 355 Å². The second-order valence-electron chi connectivity index (χ2n) is 18.0. The van der Waals surface area contributed by atoms with E-state index >= 15 is 0 Å². The molecule has 300 valence electrons. The maximum atomic E-state index is 8.92. The molecule has 0 fully saturated rings. The van der Waals surface area contributed by atoms with Crippen LogP contribution < -0.4 is 0 Å². The third kappa shape index (κ3) is 8.32. The maximum absolute atomic E-state index is 8.92.